The van der Waals surface area contributed by atoms with E-state index in [1.807, 2.05) is 30.3 Å². The maximum absolute atomic E-state index is 10.6. The molecule has 16 heavy (non-hydrogen) atoms. The number of benzene rings is 1. The summed E-state index contributed by atoms with van der Waals surface area (Å²) in [6.45, 7) is 1.57. The lowest BCUT2D eigenvalue weighted by Crippen LogP contribution is -2.36. The molecule has 0 saturated heterocycles. The monoisotopic (exact) mass is 255 g/mol. The lowest BCUT2D eigenvalue weighted by molar-refractivity contribution is -0.138. The van der Waals surface area contributed by atoms with Gasteiger partial charge in [-0.25, -0.2) is 0 Å². The van der Waals surface area contributed by atoms with Crippen LogP contribution in [0, 0.1) is 0 Å². The number of carboxylic acids is 1. The standard InChI is InChI=1S/C11H13NO2S2/c1-8(10(13)14)12-11(15)16-7-9-5-3-2-4-6-9/h2-6,8H,7H2,1H3,(H,12,15)(H,13,14)/t8-/m1/s1. The maximum atomic E-state index is 10.6. The first-order valence-corrected chi connectivity index (χ1v) is 6.19. The van der Waals surface area contributed by atoms with E-state index in [1.54, 1.807) is 6.92 Å². The highest BCUT2D eigenvalue weighted by Crippen LogP contribution is 2.12. The summed E-state index contributed by atoms with van der Waals surface area (Å²) in [6.07, 6.45) is 0. The quantitative estimate of drug-likeness (QED) is 0.808. The zero-order valence-electron chi connectivity index (χ0n) is 8.84. The van der Waals surface area contributed by atoms with E-state index in [4.69, 9.17) is 17.3 Å². The summed E-state index contributed by atoms with van der Waals surface area (Å²) >= 11 is 6.47. The number of carboxylic acid groups (broad SMARTS) is 1. The highest BCUT2D eigenvalue weighted by molar-refractivity contribution is 8.22. The lowest BCUT2D eigenvalue weighted by Gasteiger charge is -2.10. The van der Waals surface area contributed by atoms with E-state index in [9.17, 15) is 4.79 Å². The molecule has 86 valence electrons. The Morgan fingerprint density at radius 1 is 1.50 bits per heavy atom. The van der Waals surface area contributed by atoms with Gasteiger partial charge in [0.1, 0.15) is 10.4 Å². The number of aliphatic carboxylic acids is 1. The molecular formula is C11H13NO2S2. The Labute approximate surface area is 104 Å². The van der Waals surface area contributed by atoms with Crippen molar-refractivity contribution in [3.8, 4) is 0 Å². The minimum atomic E-state index is -0.900. The van der Waals surface area contributed by atoms with Crippen LogP contribution < -0.4 is 5.32 Å². The van der Waals surface area contributed by atoms with Crippen molar-refractivity contribution in [2.24, 2.45) is 0 Å². The summed E-state index contributed by atoms with van der Waals surface area (Å²) in [5.74, 6) is -0.151. The van der Waals surface area contributed by atoms with Gasteiger partial charge in [0.15, 0.2) is 0 Å². The first-order valence-electron chi connectivity index (χ1n) is 4.79. The Bertz CT molecular complexity index is 368. The molecule has 0 aliphatic carbocycles. The van der Waals surface area contributed by atoms with Crippen LogP contribution >= 0.6 is 24.0 Å². The molecule has 0 spiro atoms. The molecule has 1 rings (SSSR count). The van der Waals surface area contributed by atoms with Crippen LogP contribution in [0.4, 0.5) is 0 Å². The predicted octanol–water partition coefficient (Wildman–Crippen LogP) is 2.27. The molecule has 0 fully saturated rings. The van der Waals surface area contributed by atoms with Gasteiger partial charge in [-0.3, -0.25) is 4.79 Å². The van der Waals surface area contributed by atoms with E-state index in [0.29, 0.717) is 4.32 Å². The van der Waals surface area contributed by atoms with Crippen molar-refractivity contribution in [2.75, 3.05) is 0 Å². The van der Waals surface area contributed by atoms with Gasteiger partial charge in [0.05, 0.1) is 0 Å². The number of thiocarbonyl (C=S) groups is 1. The third-order valence-electron chi connectivity index (χ3n) is 1.92. The van der Waals surface area contributed by atoms with E-state index in [-0.39, 0.29) is 0 Å². The average Bonchev–Trinajstić information content (AvgIpc) is 2.27. The maximum Gasteiger partial charge on any atom is 0.325 e. The fourth-order valence-corrected chi connectivity index (χ4v) is 2.11. The van der Waals surface area contributed by atoms with Crippen LogP contribution in [0.25, 0.3) is 0 Å². The van der Waals surface area contributed by atoms with Gasteiger partial charge < -0.3 is 10.4 Å². The molecule has 1 atom stereocenters. The van der Waals surface area contributed by atoms with Gasteiger partial charge in [-0.15, -0.1) is 0 Å². The molecular weight excluding hydrogens is 242 g/mol. The van der Waals surface area contributed by atoms with Crippen molar-refractivity contribution < 1.29 is 9.90 Å². The molecule has 1 aromatic carbocycles. The molecule has 0 aliphatic heterocycles. The number of hydrogen-bond donors (Lipinski definition) is 2. The summed E-state index contributed by atoms with van der Waals surface area (Å²) in [4.78, 5) is 10.6. The SMILES string of the molecule is C[C@@H](NC(=S)SCc1ccccc1)C(=O)O. The molecule has 0 aliphatic rings. The normalized spacial score (nSPS) is 11.8. The number of rotatable bonds is 4. The summed E-state index contributed by atoms with van der Waals surface area (Å²) < 4.78 is 0.513. The number of nitrogens with one attached hydrogen (secondary N) is 1. The van der Waals surface area contributed by atoms with Gasteiger partial charge in [-0.05, 0) is 12.5 Å². The van der Waals surface area contributed by atoms with Crippen LogP contribution in [0.1, 0.15) is 12.5 Å². The molecule has 3 nitrogen and oxygen atoms in total. The molecule has 0 heterocycles. The Morgan fingerprint density at radius 2 is 2.12 bits per heavy atom. The molecule has 2 N–H and O–H groups in total. The predicted molar refractivity (Wildman–Crippen MR) is 70.6 cm³/mol. The van der Waals surface area contributed by atoms with E-state index in [2.05, 4.69) is 5.32 Å². The van der Waals surface area contributed by atoms with E-state index < -0.39 is 12.0 Å². The van der Waals surface area contributed by atoms with Crippen LogP contribution in [-0.2, 0) is 10.5 Å². The van der Waals surface area contributed by atoms with Gasteiger partial charge in [-0.2, -0.15) is 0 Å². The Morgan fingerprint density at radius 3 is 2.69 bits per heavy atom. The third-order valence-corrected chi connectivity index (χ3v) is 3.25. The summed E-state index contributed by atoms with van der Waals surface area (Å²) in [7, 11) is 0. The van der Waals surface area contributed by atoms with Crippen molar-refractivity contribution in [1.82, 2.24) is 5.32 Å². The van der Waals surface area contributed by atoms with E-state index in [1.165, 1.54) is 17.3 Å². The third kappa shape index (κ3) is 4.63. The van der Waals surface area contributed by atoms with Crippen molar-refractivity contribution in [2.45, 2.75) is 18.7 Å². The lowest BCUT2D eigenvalue weighted by atomic mass is 10.2. The molecule has 5 heteroatoms. The van der Waals surface area contributed by atoms with E-state index >= 15 is 0 Å². The largest absolute Gasteiger partial charge is 0.480 e. The molecule has 0 radical (unpaired) electrons. The van der Waals surface area contributed by atoms with Gasteiger partial charge in [0.25, 0.3) is 0 Å². The van der Waals surface area contributed by atoms with Crippen LogP contribution in [0.3, 0.4) is 0 Å². The van der Waals surface area contributed by atoms with Crippen LogP contribution in [0.5, 0.6) is 0 Å². The zero-order valence-corrected chi connectivity index (χ0v) is 10.5. The fourth-order valence-electron chi connectivity index (χ4n) is 1.00. The molecule has 0 aromatic heterocycles. The number of hydrogen-bond acceptors (Lipinski definition) is 3. The van der Waals surface area contributed by atoms with Crippen molar-refractivity contribution in [3.63, 3.8) is 0 Å². The molecule has 0 unspecified atom stereocenters. The summed E-state index contributed by atoms with van der Waals surface area (Å²) in [5.41, 5.74) is 1.17. The number of thioether (sulfide) groups is 1. The smallest absolute Gasteiger partial charge is 0.325 e. The van der Waals surface area contributed by atoms with Crippen molar-refractivity contribution in [3.05, 3.63) is 35.9 Å². The minimum absolute atomic E-state index is 0.513. The van der Waals surface area contributed by atoms with Gasteiger partial charge >= 0.3 is 5.97 Å². The Balaban J connectivity index is 2.33. The Kier molecular flexibility index (Phi) is 5.28. The second kappa shape index (κ2) is 6.50. The minimum Gasteiger partial charge on any atom is -0.480 e. The highest BCUT2D eigenvalue weighted by Gasteiger charge is 2.11. The topological polar surface area (TPSA) is 49.3 Å². The second-order valence-corrected chi connectivity index (χ2v) is 4.92. The average molecular weight is 255 g/mol. The van der Waals surface area contributed by atoms with Crippen LogP contribution in [-0.4, -0.2) is 21.4 Å². The second-order valence-electron chi connectivity index (χ2n) is 3.27. The fraction of sp³-hybridized carbons (Fsp3) is 0.273. The first kappa shape index (κ1) is 13.0. The number of carbonyl (C=O) groups is 1. The molecule has 0 bridgehead atoms. The summed E-state index contributed by atoms with van der Waals surface area (Å²) in [5, 5.41) is 11.4. The van der Waals surface area contributed by atoms with Crippen molar-refractivity contribution >= 4 is 34.3 Å². The Hall–Kier alpha value is -1.07. The molecule has 0 saturated carbocycles. The van der Waals surface area contributed by atoms with Gasteiger partial charge in [0, 0.05) is 5.75 Å². The molecule has 1 aromatic rings. The summed E-state index contributed by atoms with van der Waals surface area (Å²) in [6, 6.07) is 9.26. The van der Waals surface area contributed by atoms with Crippen LogP contribution in [0.2, 0.25) is 0 Å². The first-order chi connectivity index (χ1) is 7.59. The zero-order chi connectivity index (χ0) is 12.0. The van der Waals surface area contributed by atoms with E-state index in [0.717, 1.165) is 5.75 Å². The van der Waals surface area contributed by atoms with Crippen molar-refractivity contribution in [1.29, 1.82) is 0 Å². The van der Waals surface area contributed by atoms with Gasteiger partial charge in [0.2, 0.25) is 0 Å². The van der Waals surface area contributed by atoms with Gasteiger partial charge in [-0.1, -0.05) is 54.3 Å². The molecule has 0 amide bonds. The van der Waals surface area contributed by atoms with Crippen LogP contribution in [0.15, 0.2) is 30.3 Å². The highest BCUT2D eigenvalue weighted by atomic mass is 32.2.